The normalized spacial score (nSPS) is 17.8. The highest BCUT2D eigenvalue weighted by molar-refractivity contribution is 7.92. The van der Waals surface area contributed by atoms with Gasteiger partial charge in [-0.05, 0) is 73.2 Å². The number of nitrogens with one attached hydrogen (secondary N) is 2. The molecule has 0 fully saturated rings. The van der Waals surface area contributed by atoms with Crippen molar-refractivity contribution in [2.75, 3.05) is 11.3 Å². The van der Waals surface area contributed by atoms with E-state index in [1.807, 2.05) is 12.1 Å². The lowest BCUT2D eigenvalue weighted by Gasteiger charge is -2.26. The van der Waals surface area contributed by atoms with E-state index in [9.17, 15) is 17.2 Å². The third kappa shape index (κ3) is 5.34. The van der Waals surface area contributed by atoms with Gasteiger partial charge in [0, 0.05) is 17.6 Å². The largest absolute Gasteiger partial charge is 0.314 e. The van der Waals surface area contributed by atoms with E-state index >= 15 is 0 Å². The van der Waals surface area contributed by atoms with Gasteiger partial charge >= 0.3 is 0 Å². The van der Waals surface area contributed by atoms with E-state index in [-0.39, 0.29) is 4.90 Å². The molecule has 0 radical (unpaired) electrons. The highest BCUT2D eigenvalue weighted by Gasteiger charge is 2.21. The molecule has 1 aliphatic rings. The van der Waals surface area contributed by atoms with Gasteiger partial charge in [0.05, 0.1) is 4.90 Å². The fourth-order valence-corrected chi connectivity index (χ4v) is 4.70. The lowest BCUT2D eigenvalue weighted by Crippen LogP contribution is -2.35. The van der Waals surface area contributed by atoms with Gasteiger partial charge in [-0.25, -0.2) is 17.2 Å². The summed E-state index contributed by atoms with van der Waals surface area (Å²) >= 11 is 0. The SMILES string of the molecule is CCCN[C@@H]1CCc2cc(NS(=O)(=O)c3ccc(C(C)C(F)F)cc3)ccc2C1. The molecule has 2 aromatic rings. The quantitative estimate of drug-likeness (QED) is 0.648. The lowest BCUT2D eigenvalue weighted by atomic mass is 9.88. The van der Waals surface area contributed by atoms with Gasteiger partial charge in [-0.15, -0.1) is 0 Å². The smallest absolute Gasteiger partial charge is 0.261 e. The molecule has 4 nitrogen and oxygen atoms in total. The Labute approximate surface area is 171 Å². The van der Waals surface area contributed by atoms with Crippen LogP contribution < -0.4 is 10.0 Å². The molecule has 0 aromatic heterocycles. The molecular formula is C22H28F2N2O2S. The van der Waals surface area contributed by atoms with Gasteiger partial charge in [0.25, 0.3) is 10.0 Å². The van der Waals surface area contributed by atoms with Crippen molar-refractivity contribution in [3.8, 4) is 0 Å². The zero-order chi connectivity index (χ0) is 21.0. The van der Waals surface area contributed by atoms with E-state index in [0.717, 1.165) is 32.2 Å². The Morgan fingerprint density at radius 3 is 2.48 bits per heavy atom. The van der Waals surface area contributed by atoms with E-state index in [0.29, 0.717) is 17.3 Å². The zero-order valence-electron chi connectivity index (χ0n) is 16.8. The molecule has 158 valence electrons. The number of hydrogen-bond donors (Lipinski definition) is 2. The van der Waals surface area contributed by atoms with E-state index in [2.05, 4.69) is 17.0 Å². The zero-order valence-corrected chi connectivity index (χ0v) is 17.6. The lowest BCUT2D eigenvalue weighted by molar-refractivity contribution is 0.121. The Morgan fingerprint density at radius 1 is 1.10 bits per heavy atom. The maximum absolute atomic E-state index is 12.8. The Bertz CT molecular complexity index is 930. The second-order valence-electron chi connectivity index (χ2n) is 7.68. The number of halogens is 2. The third-order valence-corrected chi connectivity index (χ3v) is 6.86. The first kappa shape index (κ1) is 21.7. The number of anilines is 1. The second-order valence-corrected chi connectivity index (χ2v) is 9.36. The van der Waals surface area contributed by atoms with Gasteiger partial charge in [0.2, 0.25) is 6.43 Å². The molecule has 0 spiro atoms. The minimum Gasteiger partial charge on any atom is -0.314 e. The summed E-state index contributed by atoms with van der Waals surface area (Å²) in [6.07, 6.45) is 1.51. The summed E-state index contributed by atoms with van der Waals surface area (Å²) in [5.41, 5.74) is 3.35. The van der Waals surface area contributed by atoms with Crippen LogP contribution in [0.5, 0.6) is 0 Å². The molecular weight excluding hydrogens is 394 g/mol. The van der Waals surface area contributed by atoms with Gasteiger partial charge < -0.3 is 5.32 Å². The number of fused-ring (bicyclic) bond motifs is 1. The van der Waals surface area contributed by atoms with Gasteiger partial charge in [0.1, 0.15) is 0 Å². The van der Waals surface area contributed by atoms with Gasteiger partial charge in [0.15, 0.2) is 0 Å². The molecule has 7 heteroatoms. The van der Waals surface area contributed by atoms with E-state index < -0.39 is 22.4 Å². The van der Waals surface area contributed by atoms with Crippen molar-refractivity contribution in [3.63, 3.8) is 0 Å². The predicted octanol–water partition coefficient (Wildman–Crippen LogP) is 4.71. The molecule has 29 heavy (non-hydrogen) atoms. The average Bonchev–Trinajstić information content (AvgIpc) is 2.71. The first-order valence-electron chi connectivity index (χ1n) is 10.1. The van der Waals surface area contributed by atoms with E-state index in [1.165, 1.54) is 42.3 Å². The number of aryl methyl sites for hydroxylation is 1. The maximum Gasteiger partial charge on any atom is 0.261 e. The van der Waals surface area contributed by atoms with Crippen LogP contribution in [0.2, 0.25) is 0 Å². The molecule has 1 unspecified atom stereocenters. The summed E-state index contributed by atoms with van der Waals surface area (Å²) < 4.78 is 53.6. The minimum absolute atomic E-state index is 0.0595. The van der Waals surface area contributed by atoms with Crippen LogP contribution in [0.3, 0.4) is 0 Å². The molecule has 2 aromatic carbocycles. The summed E-state index contributed by atoms with van der Waals surface area (Å²) in [6.45, 7) is 4.57. The summed E-state index contributed by atoms with van der Waals surface area (Å²) in [5.74, 6) is -0.934. The van der Waals surface area contributed by atoms with Gasteiger partial charge in [-0.3, -0.25) is 4.72 Å². The van der Waals surface area contributed by atoms with Crippen LogP contribution in [0.4, 0.5) is 14.5 Å². The van der Waals surface area contributed by atoms with Crippen molar-refractivity contribution >= 4 is 15.7 Å². The van der Waals surface area contributed by atoms with Crippen LogP contribution in [0.25, 0.3) is 0 Å². The van der Waals surface area contributed by atoms with Crippen molar-refractivity contribution in [1.82, 2.24) is 5.32 Å². The predicted molar refractivity (Wildman–Crippen MR) is 112 cm³/mol. The standard InChI is InChI=1S/C22H28F2N2O2S/c1-3-12-25-19-8-4-18-14-20(9-5-17(18)13-19)26-29(27,28)21-10-6-16(7-11-21)15(2)22(23)24/h5-7,9-11,14-15,19,22,25-26H,3-4,8,12-13H2,1-2H3/t15?,19-/m1/s1. The van der Waals surface area contributed by atoms with Crippen molar-refractivity contribution in [2.24, 2.45) is 0 Å². The number of alkyl halides is 2. The van der Waals surface area contributed by atoms with E-state index in [4.69, 9.17) is 0 Å². The van der Waals surface area contributed by atoms with Crippen molar-refractivity contribution in [3.05, 3.63) is 59.2 Å². The molecule has 3 rings (SSSR count). The summed E-state index contributed by atoms with van der Waals surface area (Å²) in [4.78, 5) is 0.0595. The fourth-order valence-electron chi connectivity index (χ4n) is 3.65. The third-order valence-electron chi connectivity index (χ3n) is 5.46. The molecule has 0 saturated heterocycles. The first-order valence-corrected chi connectivity index (χ1v) is 11.5. The van der Waals surface area contributed by atoms with Crippen LogP contribution in [-0.2, 0) is 22.9 Å². The van der Waals surface area contributed by atoms with Crippen molar-refractivity contribution in [2.45, 2.75) is 62.8 Å². The van der Waals surface area contributed by atoms with Crippen molar-refractivity contribution < 1.29 is 17.2 Å². The highest BCUT2D eigenvalue weighted by Crippen LogP contribution is 2.27. The maximum atomic E-state index is 12.8. The highest BCUT2D eigenvalue weighted by atomic mass is 32.2. The van der Waals surface area contributed by atoms with Crippen LogP contribution in [0.15, 0.2) is 47.4 Å². The molecule has 0 bridgehead atoms. The van der Waals surface area contributed by atoms with Crippen LogP contribution in [0, 0.1) is 0 Å². The summed E-state index contributed by atoms with van der Waals surface area (Å²) in [6, 6.07) is 11.8. The van der Waals surface area contributed by atoms with E-state index in [1.54, 1.807) is 6.07 Å². The molecule has 0 heterocycles. The van der Waals surface area contributed by atoms with Crippen LogP contribution in [-0.4, -0.2) is 27.4 Å². The summed E-state index contributed by atoms with van der Waals surface area (Å²) in [5, 5.41) is 3.55. The van der Waals surface area contributed by atoms with Crippen LogP contribution >= 0.6 is 0 Å². The molecule has 2 atom stereocenters. The van der Waals surface area contributed by atoms with Crippen LogP contribution in [0.1, 0.15) is 49.3 Å². The van der Waals surface area contributed by atoms with Gasteiger partial charge in [-0.2, -0.15) is 0 Å². The average molecular weight is 423 g/mol. The molecule has 0 saturated carbocycles. The molecule has 2 N–H and O–H groups in total. The van der Waals surface area contributed by atoms with Gasteiger partial charge in [-0.1, -0.05) is 32.0 Å². The Hall–Kier alpha value is -1.99. The minimum atomic E-state index is -3.78. The number of benzene rings is 2. The topological polar surface area (TPSA) is 58.2 Å². The number of sulfonamides is 1. The Morgan fingerprint density at radius 2 is 1.83 bits per heavy atom. The Balaban J connectivity index is 1.71. The molecule has 0 amide bonds. The monoisotopic (exact) mass is 422 g/mol. The number of rotatable bonds is 8. The molecule has 0 aliphatic heterocycles. The first-order chi connectivity index (χ1) is 13.8. The Kier molecular flexibility index (Phi) is 6.90. The summed E-state index contributed by atoms with van der Waals surface area (Å²) in [7, 11) is -3.78. The fraction of sp³-hybridized carbons (Fsp3) is 0.455. The van der Waals surface area contributed by atoms with Crippen molar-refractivity contribution in [1.29, 1.82) is 0 Å². The molecule has 1 aliphatic carbocycles. The second kappa shape index (κ2) is 9.22. The number of hydrogen-bond acceptors (Lipinski definition) is 3.